The summed E-state index contributed by atoms with van der Waals surface area (Å²) < 4.78 is 0. The van der Waals surface area contributed by atoms with Crippen LogP contribution in [0.1, 0.15) is 40.4 Å². The van der Waals surface area contributed by atoms with Crippen LogP contribution in [0.3, 0.4) is 0 Å². The summed E-state index contributed by atoms with van der Waals surface area (Å²) >= 11 is 1.62. The van der Waals surface area contributed by atoms with Gasteiger partial charge in [0.15, 0.2) is 0 Å². The zero-order chi connectivity index (χ0) is 21.1. The highest BCUT2D eigenvalue weighted by atomic mass is 32.1. The summed E-state index contributed by atoms with van der Waals surface area (Å²) in [6.07, 6.45) is 4.35. The second-order valence-corrected chi connectivity index (χ2v) is 9.11. The molecule has 0 radical (unpaired) electrons. The van der Waals surface area contributed by atoms with Crippen LogP contribution >= 0.6 is 11.3 Å². The van der Waals surface area contributed by atoms with E-state index >= 15 is 0 Å². The van der Waals surface area contributed by atoms with Crippen molar-refractivity contribution in [1.82, 2.24) is 14.8 Å². The highest BCUT2D eigenvalue weighted by Gasteiger charge is 2.32. The lowest BCUT2D eigenvalue weighted by molar-refractivity contribution is -0.136. The average Bonchev–Trinajstić information content (AvgIpc) is 3.23. The lowest BCUT2D eigenvalue weighted by atomic mass is 9.87. The zero-order valence-electron chi connectivity index (χ0n) is 17.8. The molecule has 7 heteroatoms. The number of carbonyl (C=O) groups is 2. The third-order valence-corrected chi connectivity index (χ3v) is 7.48. The Labute approximate surface area is 182 Å². The number of aromatic nitrogens is 1. The first kappa shape index (κ1) is 20.8. The number of aryl methyl sites for hydroxylation is 1. The molecule has 0 N–H and O–H groups in total. The minimum atomic E-state index is 0.0323. The average molecular weight is 427 g/mol. The Hall–Kier alpha value is -2.41. The van der Waals surface area contributed by atoms with Crippen molar-refractivity contribution in [1.29, 1.82) is 0 Å². The lowest BCUT2D eigenvalue weighted by Crippen LogP contribution is -2.51. The first-order valence-electron chi connectivity index (χ1n) is 11.0. The fourth-order valence-corrected chi connectivity index (χ4v) is 5.64. The third kappa shape index (κ3) is 4.21. The maximum Gasteiger partial charge on any atom is 0.263 e. The van der Waals surface area contributed by atoms with Gasteiger partial charge in [-0.2, -0.15) is 0 Å². The zero-order valence-corrected chi connectivity index (χ0v) is 18.7. The Morgan fingerprint density at radius 1 is 1.17 bits per heavy atom. The number of carbonyl (C=O) groups excluding carboxylic acids is 2. The monoisotopic (exact) mass is 426 g/mol. The molecule has 0 spiro atoms. The van der Waals surface area contributed by atoms with Crippen LogP contribution in [0.5, 0.6) is 0 Å². The number of rotatable bonds is 5. The van der Waals surface area contributed by atoms with Gasteiger partial charge in [-0.05, 0) is 56.9 Å². The molecule has 2 aromatic heterocycles. The molecule has 6 nitrogen and oxygen atoms in total. The SMILES string of the molecule is CCN(CC)C(=O)c1cc2c(s1)CC[C@@H](C(=O)N1CCN(c3ccccn3)CC1)C2. The van der Waals surface area contributed by atoms with Gasteiger partial charge in [-0.1, -0.05) is 6.07 Å². The van der Waals surface area contributed by atoms with Crippen molar-refractivity contribution in [2.45, 2.75) is 33.1 Å². The van der Waals surface area contributed by atoms with Gasteiger partial charge in [-0.15, -0.1) is 11.3 Å². The normalized spacial score (nSPS) is 18.8. The lowest BCUT2D eigenvalue weighted by Gasteiger charge is -2.37. The quantitative estimate of drug-likeness (QED) is 0.737. The molecule has 1 aliphatic carbocycles. The number of amides is 2. The molecular weight excluding hydrogens is 396 g/mol. The molecule has 3 heterocycles. The van der Waals surface area contributed by atoms with E-state index < -0.39 is 0 Å². The van der Waals surface area contributed by atoms with Crippen molar-refractivity contribution < 1.29 is 9.59 Å². The molecule has 30 heavy (non-hydrogen) atoms. The van der Waals surface area contributed by atoms with E-state index in [1.165, 1.54) is 10.4 Å². The van der Waals surface area contributed by atoms with Crippen molar-refractivity contribution in [3.8, 4) is 0 Å². The molecular formula is C23H30N4O2S. The van der Waals surface area contributed by atoms with Crippen molar-refractivity contribution in [3.63, 3.8) is 0 Å². The van der Waals surface area contributed by atoms with Gasteiger partial charge in [-0.25, -0.2) is 4.98 Å². The van der Waals surface area contributed by atoms with Gasteiger partial charge in [0, 0.05) is 56.3 Å². The molecule has 2 aliphatic rings. The summed E-state index contributed by atoms with van der Waals surface area (Å²) in [5.41, 5.74) is 1.20. The van der Waals surface area contributed by atoms with E-state index in [0.717, 1.165) is 69.2 Å². The van der Waals surface area contributed by atoms with Crippen molar-refractivity contribution >= 4 is 29.0 Å². The maximum absolute atomic E-state index is 13.2. The van der Waals surface area contributed by atoms with E-state index in [9.17, 15) is 9.59 Å². The van der Waals surface area contributed by atoms with Crippen LogP contribution in [-0.2, 0) is 17.6 Å². The molecule has 0 bridgehead atoms. The number of piperazine rings is 1. The van der Waals surface area contributed by atoms with Gasteiger partial charge in [0.05, 0.1) is 4.88 Å². The Bertz CT molecular complexity index is 886. The Morgan fingerprint density at radius 3 is 2.60 bits per heavy atom. The fraction of sp³-hybridized carbons (Fsp3) is 0.522. The smallest absolute Gasteiger partial charge is 0.263 e. The number of hydrogen-bond donors (Lipinski definition) is 0. The Kier molecular flexibility index (Phi) is 6.37. The predicted octanol–water partition coefficient (Wildman–Crippen LogP) is 3.08. The molecule has 2 amide bonds. The van der Waals surface area contributed by atoms with Crippen LogP contribution in [0.25, 0.3) is 0 Å². The Balaban J connectivity index is 1.37. The molecule has 4 rings (SSSR count). The summed E-state index contributed by atoms with van der Waals surface area (Å²) in [5.74, 6) is 1.40. The van der Waals surface area contributed by atoms with Gasteiger partial charge < -0.3 is 14.7 Å². The molecule has 1 atom stereocenters. The van der Waals surface area contributed by atoms with E-state index in [4.69, 9.17) is 0 Å². The van der Waals surface area contributed by atoms with E-state index in [1.807, 2.05) is 54.1 Å². The highest BCUT2D eigenvalue weighted by molar-refractivity contribution is 7.14. The fourth-order valence-electron chi connectivity index (χ4n) is 4.46. The summed E-state index contributed by atoms with van der Waals surface area (Å²) in [7, 11) is 0. The molecule has 1 saturated heterocycles. The van der Waals surface area contributed by atoms with Crippen LogP contribution in [0.15, 0.2) is 30.5 Å². The molecule has 0 unspecified atom stereocenters. The molecule has 0 aromatic carbocycles. The summed E-state index contributed by atoms with van der Waals surface area (Å²) in [6, 6.07) is 7.98. The van der Waals surface area contributed by atoms with E-state index in [0.29, 0.717) is 0 Å². The van der Waals surface area contributed by atoms with Crippen LogP contribution in [0.4, 0.5) is 5.82 Å². The van der Waals surface area contributed by atoms with E-state index in [1.54, 1.807) is 11.3 Å². The van der Waals surface area contributed by atoms with E-state index in [2.05, 4.69) is 9.88 Å². The standard InChI is InChI=1S/C23H30N4O2S/c1-3-25(4-2)23(29)20-16-18-15-17(8-9-19(18)30-20)22(28)27-13-11-26(12-14-27)21-7-5-6-10-24-21/h5-7,10,16-17H,3-4,8-9,11-15H2,1-2H3/t17-/m1/s1. The van der Waals surface area contributed by atoms with Crippen molar-refractivity contribution in [3.05, 3.63) is 45.8 Å². The van der Waals surface area contributed by atoms with Gasteiger partial charge in [-0.3, -0.25) is 9.59 Å². The number of thiophene rings is 1. The van der Waals surface area contributed by atoms with Gasteiger partial charge >= 0.3 is 0 Å². The second-order valence-electron chi connectivity index (χ2n) is 7.98. The van der Waals surface area contributed by atoms with Crippen molar-refractivity contribution in [2.24, 2.45) is 5.92 Å². The molecule has 2 aromatic rings. The number of nitrogens with zero attached hydrogens (tertiary/aromatic N) is 4. The first-order chi connectivity index (χ1) is 14.6. The summed E-state index contributed by atoms with van der Waals surface area (Å²) in [6.45, 7) is 8.60. The van der Waals surface area contributed by atoms with Crippen molar-refractivity contribution in [2.75, 3.05) is 44.2 Å². The topological polar surface area (TPSA) is 56.8 Å². The Morgan fingerprint density at radius 2 is 1.93 bits per heavy atom. The van der Waals surface area contributed by atoms with E-state index in [-0.39, 0.29) is 17.7 Å². The molecule has 160 valence electrons. The van der Waals surface area contributed by atoms with Crippen LogP contribution in [-0.4, -0.2) is 65.9 Å². The molecule has 0 saturated carbocycles. The van der Waals surface area contributed by atoms with Crippen LogP contribution in [0.2, 0.25) is 0 Å². The third-order valence-electron chi connectivity index (χ3n) is 6.26. The largest absolute Gasteiger partial charge is 0.353 e. The summed E-state index contributed by atoms with van der Waals surface area (Å²) in [5, 5.41) is 0. The van der Waals surface area contributed by atoms with Gasteiger partial charge in [0.25, 0.3) is 5.91 Å². The number of anilines is 1. The van der Waals surface area contributed by atoms with Gasteiger partial charge in [0.1, 0.15) is 5.82 Å². The van der Waals surface area contributed by atoms with Gasteiger partial charge in [0.2, 0.25) is 5.91 Å². The maximum atomic E-state index is 13.2. The van der Waals surface area contributed by atoms with Crippen LogP contribution < -0.4 is 4.90 Å². The van der Waals surface area contributed by atoms with Crippen LogP contribution in [0, 0.1) is 5.92 Å². The second kappa shape index (κ2) is 9.16. The minimum Gasteiger partial charge on any atom is -0.353 e. The molecule has 1 fully saturated rings. The number of pyridine rings is 1. The summed E-state index contributed by atoms with van der Waals surface area (Å²) in [4.78, 5) is 38.5. The number of fused-ring (bicyclic) bond motifs is 1. The molecule has 1 aliphatic heterocycles. The number of hydrogen-bond acceptors (Lipinski definition) is 5. The highest BCUT2D eigenvalue weighted by Crippen LogP contribution is 2.34. The predicted molar refractivity (Wildman–Crippen MR) is 120 cm³/mol. The minimum absolute atomic E-state index is 0.0323. The first-order valence-corrected chi connectivity index (χ1v) is 11.8.